The molecule has 0 aliphatic carbocycles. The van der Waals surface area contributed by atoms with Gasteiger partial charge in [-0.1, -0.05) is 12.1 Å². The molecule has 2 rings (SSSR count). The second kappa shape index (κ2) is 14.2. The van der Waals surface area contributed by atoms with Crippen molar-refractivity contribution >= 4 is 28.0 Å². The van der Waals surface area contributed by atoms with Crippen molar-refractivity contribution < 1.29 is 26.6 Å². The Morgan fingerprint density at radius 2 is 0.658 bits per heavy atom. The molecule has 2 aromatic rings. The lowest BCUT2D eigenvalue weighted by atomic mass is 10.2. The van der Waals surface area contributed by atoms with Gasteiger partial charge in [-0.2, -0.15) is 0 Å². The average molecular weight is 565 g/mol. The van der Waals surface area contributed by atoms with E-state index < -0.39 is 17.6 Å². The summed E-state index contributed by atoms with van der Waals surface area (Å²) in [6.45, 7) is 23.8. The Morgan fingerprint density at radius 3 is 0.816 bits per heavy atom. The zero-order valence-corrected chi connectivity index (χ0v) is 27.3. The maximum Gasteiger partial charge on any atom is 0.539 e. The third-order valence-corrected chi connectivity index (χ3v) is 11.5. The number of hydrogen-bond donors (Lipinski definition) is 0. The molecular weight excluding hydrogens is 516 g/mol. The summed E-state index contributed by atoms with van der Waals surface area (Å²) in [6, 6.07) is 7.81. The van der Waals surface area contributed by atoms with Gasteiger partial charge >= 0.3 is 17.6 Å². The van der Waals surface area contributed by atoms with Crippen LogP contribution < -0.4 is 10.4 Å². The van der Waals surface area contributed by atoms with Gasteiger partial charge in [-0.05, 0) is 95.2 Å². The van der Waals surface area contributed by atoms with E-state index in [9.17, 15) is 0 Å². The van der Waals surface area contributed by atoms with Crippen LogP contribution in [0.15, 0.2) is 36.7 Å². The first-order chi connectivity index (χ1) is 17.7. The number of nitrogens with zero attached hydrogens (tertiary/aromatic N) is 2. The van der Waals surface area contributed by atoms with E-state index in [-0.39, 0.29) is 36.6 Å². The highest BCUT2D eigenvalue weighted by Gasteiger charge is 2.48. The first kappa shape index (κ1) is 32.7. The zero-order chi connectivity index (χ0) is 28.7. The lowest BCUT2D eigenvalue weighted by Crippen LogP contribution is -2.60. The fourth-order valence-electron chi connectivity index (χ4n) is 3.89. The number of rotatable bonds is 15. The van der Waals surface area contributed by atoms with Crippen LogP contribution in [0.4, 0.5) is 0 Å². The summed E-state index contributed by atoms with van der Waals surface area (Å²) in [5.41, 5.74) is 1.46. The molecule has 0 radical (unpaired) electrons. The largest absolute Gasteiger partial charge is 0.539 e. The van der Waals surface area contributed by atoms with Crippen LogP contribution >= 0.6 is 0 Å². The molecule has 0 bridgehead atoms. The number of pyridine rings is 2. The van der Waals surface area contributed by atoms with E-state index in [1.807, 2.05) is 107 Å². The summed E-state index contributed by atoms with van der Waals surface area (Å²) in [5.74, 6) is 0. The molecule has 10 heteroatoms. The molecule has 0 saturated carbocycles. The van der Waals surface area contributed by atoms with Crippen molar-refractivity contribution in [1.82, 2.24) is 9.97 Å². The smallest absolute Gasteiger partial charge is 0.367 e. The van der Waals surface area contributed by atoms with Crippen molar-refractivity contribution in [2.75, 3.05) is 0 Å². The van der Waals surface area contributed by atoms with Crippen LogP contribution in [0.5, 0.6) is 0 Å². The van der Waals surface area contributed by atoms with Crippen LogP contribution in [0.3, 0.4) is 0 Å². The maximum atomic E-state index is 6.34. The molecule has 0 aliphatic heterocycles. The van der Waals surface area contributed by atoms with Gasteiger partial charge in [0.2, 0.25) is 0 Å². The molecule has 0 N–H and O–H groups in total. The van der Waals surface area contributed by atoms with E-state index in [1.165, 1.54) is 0 Å². The van der Waals surface area contributed by atoms with Gasteiger partial charge in [-0.15, -0.1) is 0 Å². The molecule has 0 spiro atoms. The molecule has 2 heterocycles. The first-order valence-corrected chi connectivity index (χ1v) is 17.1. The summed E-state index contributed by atoms with van der Waals surface area (Å²) in [5, 5.41) is 1.64. The van der Waals surface area contributed by atoms with Crippen LogP contribution in [-0.4, -0.2) is 64.2 Å². The molecule has 0 unspecified atom stereocenters. The van der Waals surface area contributed by atoms with Gasteiger partial charge in [0, 0.05) is 59.4 Å². The van der Waals surface area contributed by atoms with Crippen LogP contribution in [-0.2, 0) is 26.6 Å². The third-order valence-electron chi connectivity index (χ3n) is 4.84. The van der Waals surface area contributed by atoms with Gasteiger partial charge in [-0.25, -0.2) is 0 Å². The van der Waals surface area contributed by atoms with Crippen molar-refractivity contribution in [2.45, 2.75) is 120 Å². The number of hydrogen-bond acceptors (Lipinski definition) is 8. The second-order valence-corrected chi connectivity index (χ2v) is 15.8. The number of aromatic nitrogens is 2. The topological polar surface area (TPSA) is 81.2 Å². The fraction of sp³-hybridized carbons (Fsp3) is 0.643. The molecule has 214 valence electrons. The summed E-state index contributed by atoms with van der Waals surface area (Å²) in [6.07, 6.45) is 3.19. The van der Waals surface area contributed by atoms with Crippen molar-refractivity contribution in [2.24, 2.45) is 0 Å². The summed E-state index contributed by atoms with van der Waals surface area (Å²) < 4.78 is 38.0. The van der Waals surface area contributed by atoms with Gasteiger partial charge < -0.3 is 26.6 Å². The standard InChI is InChI=1S/C28H48N2O6Si2/c1-19(2)31-37(32-20(3)4,33-21(5)6)25-13-15-27(29-17-25)28-16-14-26(18-30-28)38(34-22(7)8,35-23(9)10)36-24(11)12/h13-24H,1-12H3. The van der Waals surface area contributed by atoms with E-state index in [0.29, 0.717) is 0 Å². The minimum Gasteiger partial charge on any atom is -0.367 e. The second-order valence-electron chi connectivity index (χ2n) is 11.0. The molecule has 0 saturated heterocycles. The Morgan fingerprint density at radius 1 is 0.421 bits per heavy atom. The van der Waals surface area contributed by atoms with Gasteiger partial charge in [-0.3, -0.25) is 9.97 Å². The monoisotopic (exact) mass is 564 g/mol. The fourth-order valence-corrected chi connectivity index (χ4v) is 9.78. The molecule has 8 nitrogen and oxygen atoms in total. The summed E-state index contributed by atoms with van der Waals surface area (Å²) in [4.78, 5) is 9.45. The molecule has 0 amide bonds. The van der Waals surface area contributed by atoms with E-state index >= 15 is 0 Å². The highest BCUT2D eigenvalue weighted by molar-refractivity contribution is 6.76. The van der Waals surface area contributed by atoms with Crippen molar-refractivity contribution in [1.29, 1.82) is 0 Å². The molecule has 0 aliphatic rings. The van der Waals surface area contributed by atoms with Gasteiger partial charge in [0.15, 0.2) is 0 Å². The van der Waals surface area contributed by atoms with E-state index in [4.69, 9.17) is 36.5 Å². The van der Waals surface area contributed by atoms with E-state index in [1.54, 1.807) is 12.4 Å². The van der Waals surface area contributed by atoms with Gasteiger partial charge in [0.05, 0.1) is 11.4 Å². The van der Waals surface area contributed by atoms with Gasteiger partial charge in [0.25, 0.3) is 0 Å². The minimum atomic E-state index is -3.19. The van der Waals surface area contributed by atoms with Crippen LogP contribution in [0.2, 0.25) is 0 Å². The van der Waals surface area contributed by atoms with Gasteiger partial charge in [0.1, 0.15) is 0 Å². The zero-order valence-electron chi connectivity index (χ0n) is 25.3. The van der Waals surface area contributed by atoms with Crippen LogP contribution in [0, 0.1) is 0 Å². The first-order valence-electron chi connectivity index (χ1n) is 13.7. The minimum absolute atomic E-state index is 0.0633. The highest BCUT2D eigenvalue weighted by Crippen LogP contribution is 2.21. The van der Waals surface area contributed by atoms with E-state index in [2.05, 4.69) is 0 Å². The molecule has 0 aromatic carbocycles. The van der Waals surface area contributed by atoms with Crippen molar-refractivity contribution in [3.8, 4) is 11.4 Å². The third kappa shape index (κ3) is 9.30. The molecule has 2 aromatic heterocycles. The predicted molar refractivity (Wildman–Crippen MR) is 156 cm³/mol. The van der Waals surface area contributed by atoms with Crippen molar-refractivity contribution in [3.05, 3.63) is 36.7 Å². The van der Waals surface area contributed by atoms with Crippen molar-refractivity contribution in [3.63, 3.8) is 0 Å². The summed E-state index contributed by atoms with van der Waals surface area (Å²) in [7, 11) is -6.39. The van der Waals surface area contributed by atoms with Crippen LogP contribution in [0.1, 0.15) is 83.1 Å². The quantitative estimate of drug-likeness (QED) is 0.280. The Balaban J connectivity index is 2.46. The average Bonchev–Trinajstić information content (AvgIpc) is 2.76. The predicted octanol–water partition coefficient (Wildman–Crippen LogP) is 4.99. The highest BCUT2D eigenvalue weighted by atomic mass is 28.4. The molecule has 0 atom stereocenters. The summed E-state index contributed by atoms with van der Waals surface area (Å²) >= 11 is 0. The van der Waals surface area contributed by atoms with Crippen LogP contribution in [0.25, 0.3) is 11.4 Å². The lowest BCUT2D eigenvalue weighted by molar-refractivity contribution is 0.0142. The Labute approximate surface area is 232 Å². The molecular formula is C28H48N2O6Si2. The maximum absolute atomic E-state index is 6.34. The molecule has 38 heavy (non-hydrogen) atoms. The Hall–Kier alpha value is -1.51. The molecule has 0 fully saturated rings. The normalized spacial score (nSPS) is 13.2. The Bertz CT molecular complexity index is 834. The van der Waals surface area contributed by atoms with E-state index in [0.717, 1.165) is 21.8 Å². The lowest BCUT2D eigenvalue weighted by Gasteiger charge is -2.34. The Kier molecular flexibility index (Phi) is 12.2. The SMILES string of the molecule is CC(C)O[Si](OC(C)C)(OC(C)C)c1ccc(-c2ccc([Si](OC(C)C)(OC(C)C)OC(C)C)cn2)nc1.